The first kappa shape index (κ1) is 9.97. The third kappa shape index (κ3) is 1.78. The van der Waals surface area contributed by atoms with Gasteiger partial charge in [-0.2, -0.15) is 0 Å². The number of hydrogen-bond donors (Lipinski definition) is 0. The molecule has 0 aliphatic heterocycles. The molecule has 0 atom stereocenters. The van der Waals surface area contributed by atoms with E-state index in [0.717, 1.165) is 27.9 Å². The average molecular weight is 219 g/mol. The van der Waals surface area contributed by atoms with Crippen LogP contribution in [0.4, 0.5) is 0 Å². The van der Waals surface area contributed by atoms with E-state index in [-0.39, 0.29) is 0 Å². The van der Waals surface area contributed by atoms with Gasteiger partial charge in [0.15, 0.2) is 5.65 Å². The van der Waals surface area contributed by atoms with Crippen LogP contribution in [0.25, 0.3) is 22.3 Å². The molecule has 0 saturated heterocycles. The molecule has 3 rings (SSSR count). The highest BCUT2D eigenvalue weighted by atomic mass is 14.8. The first-order chi connectivity index (χ1) is 8.34. The van der Waals surface area contributed by atoms with Crippen molar-refractivity contribution in [3.63, 3.8) is 0 Å². The molecule has 1 radical (unpaired) electrons. The summed E-state index contributed by atoms with van der Waals surface area (Å²) in [6, 6.07) is 16.9. The Balaban J connectivity index is 2.27. The van der Waals surface area contributed by atoms with Crippen molar-refractivity contribution in [2.24, 2.45) is 0 Å². The van der Waals surface area contributed by atoms with Gasteiger partial charge in [0.2, 0.25) is 0 Å². The number of nitrogens with zero attached hydrogens (tertiary/aromatic N) is 2. The van der Waals surface area contributed by atoms with Crippen molar-refractivity contribution in [1.82, 2.24) is 9.97 Å². The van der Waals surface area contributed by atoms with Crippen LogP contribution in [0.3, 0.4) is 0 Å². The second kappa shape index (κ2) is 3.98. The maximum Gasteiger partial charge on any atom is 0.159 e. The minimum absolute atomic E-state index is 0.793. The number of benzene rings is 1. The predicted molar refractivity (Wildman–Crippen MR) is 68.5 cm³/mol. The molecule has 0 unspecified atom stereocenters. The van der Waals surface area contributed by atoms with Gasteiger partial charge in [-0.3, -0.25) is 0 Å². The maximum atomic E-state index is 4.62. The molecule has 2 heterocycles. The largest absolute Gasteiger partial charge is 0.237 e. The Hall–Kier alpha value is -2.22. The van der Waals surface area contributed by atoms with Crippen LogP contribution in [0.2, 0.25) is 0 Å². The quantitative estimate of drug-likeness (QED) is 0.626. The molecule has 81 valence electrons. The van der Waals surface area contributed by atoms with Crippen LogP contribution in [0, 0.1) is 13.0 Å². The molecule has 0 aliphatic carbocycles. The second-order valence-corrected chi connectivity index (χ2v) is 3.99. The molecule has 0 spiro atoms. The summed E-state index contributed by atoms with van der Waals surface area (Å²) < 4.78 is 0. The van der Waals surface area contributed by atoms with Crippen LogP contribution in [0.15, 0.2) is 48.7 Å². The summed E-state index contributed by atoms with van der Waals surface area (Å²) in [5.41, 5.74) is 4.05. The van der Waals surface area contributed by atoms with E-state index in [2.05, 4.69) is 29.0 Å². The van der Waals surface area contributed by atoms with E-state index in [9.17, 15) is 0 Å². The van der Waals surface area contributed by atoms with E-state index in [0.29, 0.717) is 0 Å². The van der Waals surface area contributed by atoms with Crippen molar-refractivity contribution in [3.8, 4) is 11.3 Å². The topological polar surface area (TPSA) is 25.8 Å². The molecule has 3 aromatic rings. The van der Waals surface area contributed by atoms with Gasteiger partial charge in [-0.25, -0.2) is 9.97 Å². The van der Waals surface area contributed by atoms with Gasteiger partial charge in [-0.15, -0.1) is 0 Å². The number of fused-ring (bicyclic) bond motifs is 1. The molecule has 2 aromatic heterocycles. The Kier molecular flexibility index (Phi) is 2.33. The Morgan fingerprint density at radius 3 is 2.76 bits per heavy atom. The fourth-order valence-corrected chi connectivity index (χ4v) is 1.95. The molecular weight excluding hydrogens is 208 g/mol. The summed E-state index contributed by atoms with van der Waals surface area (Å²) in [5.74, 6) is 0. The minimum Gasteiger partial charge on any atom is -0.237 e. The third-order valence-corrected chi connectivity index (χ3v) is 2.77. The van der Waals surface area contributed by atoms with Gasteiger partial charge in [0.25, 0.3) is 0 Å². The lowest BCUT2D eigenvalue weighted by molar-refractivity contribution is 1.26. The van der Waals surface area contributed by atoms with E-state index < -0.39 is 0 Å². The molecular formula is C15H11N2. The van der Waals surface area contributed by atoms with Crippen molar-refractivity contribution in [2.45, 2.75) is 6.92 Å². The average Bonchev–Trinajstić information content (AvgIpc) is 2.39. The van der Waals surface area contributed by atoms with Gasteiger partial charge in [-0.1, -0.05) is 24.3 Å². The smallest absolute Gasteiger partial charge is 0.159 e. The zero-order chi connectivity index (χ0) is 11.7. The SMILES string of the molecule is Cc1cc2cccnc2nc1-c1cc[c]cc1. The molecule has 1 aromatic carbocycles. The standard InChI is InChI=1S/C15H11N2/c1-11-10-13-8-5-9-16-15(13)17-14(11)12-6-3-2-4-7-12/h3-10H,1H3. The lowest BCUT2D eigenvalue weighted by Gasteiger charge is -2.06. The lowest BCUT2D eigenvalue weighted by atomic mass is 10.1. The summed E-state index contributed by atoms with van der Waals surface area (Å²) in [4.78, 5) is 8.91. The van der Waals surface area contributed by atoms with Crippen LogP contribution < -0.4 is 0 Å². The fraction of sp³-hybridized carbons (Fsp3) is 0.0667. The monoisotopic (exact) mass is 219 g/mol. The van der Waals surface area contributed by atoms with Crippen LogP contribution in [0.1, 0.15) is 5.56 Å². The molecule has 0 fully saturated rings. The zero-order valence-corrected chi connectivity index (χ0v) is 9.51. The molecule has 17 heavy (non-hydrogen) atoms. The maximum absolute atomic E-state index is 4.62. The highest BCUT2D eigenvalue weighted by molar-refractivity contribution is 5.80. The first-order valence-corrected chi connectivity index (χ1v) is 5.53. The number of aryl methyl sites for hydroxylation is 1. The fourth-order valence-electron chi connectivity index (χ4n) is 1.95. The van der Waals surface area contributed by atoms with Gasteiger partial charge in [0.1, 0.15) is 0 Å². The van der Waals surface area contributed by atoms with Gasteiger partial charge in [-0.05, 0) is 36.8 Å². The Labute approximate surface area is 100.0 Å². The van der Waals surface area contributed by atoms with E-state index in [1.165, 1.54) is 0 Å². The summed E-state index contributed by atoms with van der Waals surface area (Å²) in [6.45, 7) is 2.07. The normalized spacial score (nSPS) is 10.6. The van der Waals surface area contributed by atoms with E-state index >= 15 is 0 Å². The Morgan fingerprint density at radius 2 is 1.94 bits per heavy atom. The van der Waals surface area contributed by atoms with Crippen LogP contribution >= 0.6 is 0 Å². The number of pyridine rings is 2. The molecule has 2 nitrogen and oxygen atoms in total. The molecule has 0 bridgehead atoms. The summed E-state index contributed by atoms with van der Waals surface area (Å²) in [6.07, 6.45) is 1.77. The van der Waals surface area contributed by atoms with Gasteiger partial charge >= 0.3 is 0 Å². The number of rotatable bonds is 1. The molecule has 0 aliphatic rings. The van der Waals surface area contributed by atoms with Crippen LogP contribution in [0.5, 0.6) is 0 Å². The Bertz CT molecular complexity index is 660. The van der Waals surface area contributed by atoms with Crippen molar-refractivity contribution >= 4 is 11.0 Å². The van der Waals surface area contributed by atoms with Gasteiger partial charge in [0.05, 0.1) is 5.69 Å². The Morgan fingerprint density at radius 1 is 1.12 bits per heavy atom. The van der Waals surface area contributed by atoms with E-state index in [1.807, 2.05) is 36.4 Å². The van der Waals surface area contributed by atoms with Crippen molar-refractivity contribution < 1.29 is 0 Å². The highest BCUT2D eigenvalue weighted by Gasteiger charge is 2.05. The van der Waals surface area contributed by atoms with Crippen molar-refractivity contribution in [1.29, 1.82) is 0 Å². The van der Waals surface area contributed by atoms with E-state index in [1.54, 1.807) is 6.20 Å². The summed E-state index contributed by atoms with van der Waals surface area (Å²) >= 11 is 0. The van der Waals surface area contributed by atoms with Gasteiger partial charge < -0.3 is 0 Å². The third-order valence-electron chi connectivity index (χ3n) is 2.77. The van der Waals surface area contributed by atoms with Crippen molar-refractivity contribution in [2.75, 3.05) is 0 Å². The molecule has 0 amide bonds. The number of hydrogen-bond acceptors (Lipinski definition) is 2. The predicted octanol–water partition coefficient (Wildman–Crippen LogP) is 3.41. The molecule has 2 heteroatoms. The lowest BCUT2D eigenvalue weighted by Crippen LogP contribution is -1.91. The van der Waals surface area contributed by atoms with Crippen molar-refractivity contribution in [3.05, 3.63) is 60.3 Å². The minimum atomic E-state index is 0.793. The van der Waals surface area contributed by atoms with E-state index in [4.69, 9.17) is 0 Å². The second-order valence-electron chi connectivity index (χ2n) is 3.99. The number of aromatic nitrogens is 2. The highest BCUT2D eigenvalue weighted by Crippen LogP contribution is 2.23. The zero-order valence-electron chi connectivity index (χ0n) is 9.51. The first-order valence-electron chi connectivity index (χ1n) is 5.53. The molecule has 0 N–H and O–H groups in total. The molecule has 0 saturated carbocycles. The van der Waals surface area contributed by atoms with Crippen LogP contribution in [-0.2, 0) is 0 Å². The van der Waals surface area contributed by atoms with Gasteiger partial charge in [0, 0.05) is 17.1 Å². The van der Waals surface area contributed by atoms with Crippen LogP contribution in [-0.4, -0.2) is 9.97 Å². The summed E-state index contributed by atoms with van der Waals surface area (Å²) in [5, 5.41) is 1.08. The summed E-state index contributed by atoms with van der Waals surface area (Å²) in [7, 11) is 0.